The Morgan fingerprint density at radius 3 is 2.92 bits per heavy atom. The first-order chi connectivity index (χ1) is 5.79. The highest BCUT2D eigenvalue weighted by Gasteiger charge is 2.12. The SMILES string of the molecule is Cl.O=C(O)CCCC1CNCCO1. The van der Waals surface area contributed by atoms with Crippen LogP contribution in [0.4, 0.5) is 0 Å². The van der Waals surface area contributed by atoms with E-state index in [0.29, 0.717) is 6.42 Å². The van der Waals surface area contributed by atoms with Crippen LogP contribution in [0.3, 0.4) is 0 Å². The molecule has 2 N–H and O–H groups in total. The Morgan fingerprint density at radius 2 is 2.38 bits per heavy atom. The number of aliphatic carboxylic acids is 1. The van der Waals surface area contributed by atoms with Gasteiger partial charge in [-0.15, -0.1) is 12.4 Å². The summed E-state index contributed by atoms with van der Waals surface area (Å²) < 4.78 is 5.40. The molecule has 1 unspecified atom stereocenters. The Balaban J connectivity index is 0.00000144. The fraction of sp³-hybridized carbons (Fsp3) is 0.875. The molecule has 0 saturated carbocycles. The minimum atomic E-state index is -0.723. The first-order valence-corrected chi connectivity index (χ1v) is 4.33. The summed E-state index contributed by atoms with van der Waals surface area (Å²) in [7, 11) is 0. The molecule has 13 heavy (non-hydrogen) atoms. The van der Waals surface area contributed by atoms with Gasteiger partial charge in [0, 0.05) is 19.5 Å². The van der Waals surface area contributed by atoms with Gasteiger partial charge in [0.2, 0.25) is 0 Å². The Bertz CT molecular complexity index is 148. The van der Waals surface area contributed by atoms with E-state index in [4.69, 9.17) is 9.84 Å². The zero-order chi connectivity index (χ0) is 8.81. The van der Waals surface area contributed by atoms with Gasteiger partial charge in [-0.25, -0.2) is 0 Å². The van der Waals surface area contributed by atoms with E-state index in [1.54, 1.807) is 0 Å². The van der Waals surface area contributed by atoms with Gasteiger partial charge < -0.3 is 15.2 Å². The van der Waals surface area contributed by atoms with Crippen LogP contribution in [-0.2, 0) is 9.53 Å². The van der Waals surface area contributed by atoms with Gasteiger partial charge in [0.05, 0.1) is 12.7 Å². The van der Waals surface area contributed by atoms with Crippen LogP contribution in [0.25, 0.3) is 0 Å². The van der Waals surface area contributed by atoms with Gasteiger partial charge in [-0.05, 0) is 12.8 Å². The summed E-state index contributed by atoms with van der Waals surface area (Å²) in [4.78, 5) is 10.2. The quantitative estimate of drug-likeness (QED) is 0.714. The second-order valence-electron chi connectivity index (χ2n) is 2.98. The average Bonchev–Trinajstić information content (AvgIpc) is 2.05. The van der Waals surface area contributed by atoms with Gasteiger partial charge in [0.15, 0.2) is 0 Å². The number of rotatable bonds is 4. The highest BCUT2D eigenvalue weighted by atomic mass is 35.5. The molecule has 5 heteroatoms. The number of carboxylic acids is 1. The Labute approximate surface area is 84.1 Å². The van der Waals surface area contributed by atoms with Crippen molar-refractivity contribution < 1.29 is 14.6 Å². The zero-order valence-electron chi connectivity index (χ0n) is 7.49. The Morgan fingerprint density at radius 1 is 1.62 bits per heavy atom. The predicted octanol–water partition coefficient (Wildman–Crippen LogP) is 0.651. The van der Waals surface area contributed by atoms with E-state index in [1.807, 2.05) is 0 Å². The van der Waals surface area contributed by atoms with Gasteiger partial charge in [-0.1, -0.05) is 0 Å². The van der Waals surface area contributed by atoms with Crippen LogP contribution in [0.1, 0.15) is 19.3 Å². The van der Waals surface area contributed by atoms with Crippen LogP contribution < -0.4 is 5.32 Å². The molecular formula is C8H16ClNO3. The molecule has 0 aromatic rings. The van der Waals surface area contributed by atoms with Crippen molar-refractivity contribution in [3.63, 3.8) is 0 Å². The van der Waals surface area contributed by atoms with Crippen LogP contribution >= 0.6 is 12.4 Å². The van der Waals surface area contributed by atoms with E-state index in [0.717, 1.165) is 26.1 Å². The normalized spacial score (nSPS) is 22.0. The number of nitrogens with one attached hydrogen (secondary N) is 1. The molecule has 1 fully saturated rings. The van der Waals surface area contributed by atoms with Crippen molar-refractivity contribution in [2.24, 2.45) is 0 Å². The second-order valence-corrected chi connectivity index (χ2v) is 2.98. The summed E-state index contributed by atoms with van der Waals surface area (Å²) in [5.74, 6) is -0.723. The fourth-order valence-electron chi connectivity index (χ4n) is 1.29. The second kappa shape index (κ2) is 7.12. The molecule has 1 aliphatic rings. The van der Waals surface area contributed by atoms with Crippen LogP contribution in [0.15, 0.2) is 0 Å². The van der Waals surface area contributed by atoms with Gasteiger partial charge in [-0.2, -0.15) is 0 Å². The standard InChI is InChI=1S/C8H15NO3.ClH/c10-8(11)3-1-2-7-6-9-4-5-12-7;/h7,9H,1-6H2,(H,10,11);1H. The van der Waals surface area contributed by atoms with Gasteiger partial charge in [-0.3, -0.25) is 4.79 Å². The van der Waals surface area contributed by atoms with E-state index >= 15 is 0 Å². The minimum Gasteiger partial charge on any atom is -0.481 e. The number of carboxylic acid groups (broad SMARTS) is 1. The highest BCUT2D eigenvalue weighted by Crippen LogP contribution is 2.06. The van der Waals surface area contributed by atoms with Crippen LogP contribution in [0.5, 0.6) is 0 Å². The molecule has 0 spiro atoms. The summed E-state index contributed by atoms with van der Waals surface area (Å²) in [5.41, 5.74) is 0. The van der Waals surface area contributed by atoms with E-state index in [-0.39, 0.29) is 24.9 Å². The molecule has 1 saturated heterocycles. The lowest BCUT2D eigenvalue weighted by Gasteiger charge is -2.23. The number of morpholine rings is 1. The van der Waals surface area contributed by atoms with Gasteiger partial charge in [0.1, 0.15) is 0 Å². The lowest BCUT2D eigenvalue weighted by Crippen LogP contribution is -2.38. The number of hydrogen-bond acceptors (Lipinski definition) is 3. The molecule has 0 aromatic carbocycles. The molecular weight excluding hydrogens is 194 g/mol. The molecule has 1 rings (SSSR count). The van der Waals surface area contributed by atoms with E-state index < -0.39 is 5.97 Å². The lowest BCUT2D eigenvalue weighted by molar-refractivity contribution is -0.137. The summed E-state index contributed by atoms with van der Waals surface area (Å²) in [5, 5.41) is 11.6. The first-order valence-electron chi connectivity index (χ1n) is 4.33. The molecule has 1 heterocycles. The molecule has 0 amide bonds. The van der Waals surface area contributed by atoms with E-state index in [2.05, 4.69) is 5.32 Å². The molecule has 0 bridgehead atoms. The van der Waals surface area contributed by atoms with Crippen LogP contribution in [0, 0.1) is 0 Å². The number of carbonyl (C=O) groups is 1. The van der Waals surface area contributed by atoms with Crippen LogP contribution in [-0.4, -0.2) is 36.9 Å². The smallest absolute Gasteiger partial charge is 0.303 e. The monoisotopic (exact) mass is 209 g/mol. The van der Waals surface area contributed by atoms with Crippen molar-refractivity contribution in [1.29, 1.82) is 0 Å². The maximum atomic E-state index is 10.2. The molecule has 1 atom stereocenters. The van der Waals surface area contributed by atoms with Crippen molar-refractivity contribution in [2.45, 2.75) is 25.4 Å². The zero-order valence-corrected chi connectivity index (χ0v) is 8.31. The van der Waals surface area contributed by atoms with Crippen molar-refractivity contribution in [1.82, 2.24) is 5.32 Å². The maximum Gasteiger partial charge on any atom is 0.303 e. The van der Waals surface area contributed by atoms with Crippen molar-refractivity contribution in [3.05, 3.63) is 0 Å². The molecule has 0 radical (unpaired) electrons. The largest absolute Gasteiger partial charge is 0.481 e. The van der Waals surface area contributed by atoms with Crippen molar-refractivity contribution in [2.75, 3.05) is 19.7 Å². The fourth-order valence-corrected chi connectivity index (χ4v) is 1.29. The predicted molar refractivity (Wildman–Crippen MR) is 51.3 cm³/mol. The Kier molecular flexibility index (Phi) is 6.94. The Hall–Kier alpha value is -0.320. The van der Waals surface area contributed by atoms with E-state index in [9.17, 15) is 4.79 Å². The van der Waals surface area contributed by atoms with Crippen molar-refractivity contribution in [3.8, 4) is 0 Å². The van der Waals surface area contributed by atoms with Crippen molar-refractivity contribution >= 4 is 18.4 Å². The third kappa shape index (κ3) is 5.85. The molecule has 0 aromatic heterocycles. The number of hydrogen-bond donors (Lipinski definition) is 2. The van der Waals surface area contributed by atoms with Gasteiger partial charge >= 0.3 is 5.97 Å². The average molecular weight is 210 g/mol. The van der Waals surface area contributed by atoms with E-state index in [1.165, 1.54) is 0 Å². The summed E-state index contributed by atoms with van der Waals surface area (Å²) in [6, 6.07) is 0. The van der Waals surface area contributed by atoms with Crippen LogP contribution in [0.2, 0.25) is 0 Å². The van der Waals surface area contributed by atoms with Gasteiger partial charge in [0.25, 0.3) is 0 Å². The number of ether oxygens (including phenoxy) is 1. The third-order valence-electron chi connectivity index (χ3n) is 1.92. The first kappa shape index (κ1) is 12.7. The topological polar surface area (TPSA) is 58.6 Å². The third-order valence-corrected chi connectivity index (χ3v) is 1.92. The minimum absolute atomic E-state index is 0. The maximum absolute atomic E-state index is 10.2. The number of halogens is 1. The summed E-state index contributed by atoms with van der Waals surface area (Å²) >= 11 is 0. The molecule has 0 aliphatic carbocycles. The summed E-state index contributed by atoms with van der Waals surface area (Å²) in [6.45, 7) is 2.52. The molecule has 4 nitrogen and oxygen atoms in total. The molecule has 78 valence electrons. The summed E-state index contributed by atoms with van der Waals surface area (Å²) in [6.07, 6.45) is 2.03. The highest BCUT2D eigenvalue weighted by molar-refractivity contribution is 5.85. The molecule has 1 aliphatic heterocycles. The lowest BCUT2D eigenvalue weighted by atomic mass is 10.1.